The molecule has 10 nitrogen and oxygen atoms in total. The van der Waals surface area contributed by atoms with Gasteiger partial charge >= 0.3 is 5.97 Å². The fourth-order valence-corrected chi connectivity index (χ4v) is 3.34. The van der Waals surface area contributed by atoms with E-state index in [1.165, 1.54) is 31.4 Å². The summed E-state index contributed by atoms with van der Waals surface area (Å²) in [7, 11) is 0. The number of hydrogen-bond donors (Lipinski definition) is 0. The van der Waals surface area contributed by atoms with Crippen molar-refractivity contribution in [3.63, 3.8) is 0 Å². The second-order valence-corrected chi connectivity index (χ2v) is 7.05. The molecule has 4 aromatic rings. The van der Waals surface area contributed by atoms with Crippen LogP contribution in [0.3, 0.4) is 0 Å². The predicted molar refractivity (Wildman–Crippen MR) is 117 cm³/mol. The number of rotatable bonds is 5. The number of benzene rings is 3. The first-order valence-corrected chi connectivity index (χ1v) is 9.53. The molecular weight excluding hydrogens is 432 g/mol. The first-order valence-electron chi connectivity index (χ1n) is 9.53. The van der Waals surface area contributed by atoms with E-state index in [2.05, 4.69) is 0 Å². The summed E-state index contributed by atoms with van der Waals surface area (Å²) < 4.78 is 10.8. The van der Waals surface area contributed by atoms with Gasteiger partial charge < -0.3 is 9.15 Å². The van der Waals surface area contributed by atoms with Crippen LogP contribution < -0.4 is 10.2 Å². The second kappa shape index (κ2) is 8.35. The van der Waals surface area contributed by atoms with Crippen LogP contribution in [0.5, 0.6) is 5.75 Å². The summed E-state index contributed by atoms with van der Waals surface area (Å²) in [5, 5.41) is 22.7. The molecule has 0 bridgehead atoms. The molecule has 0 spiro atoms. The zero-order valence-electron chi connectivity index (χ0n) is 17.0. The van der Waals surface area contributed by atoms with E-state index in [4.69, 9.17) is 9.15 Å². The molecule has 164 valence electrons. The van der Waals surface area contributed by atoms with Gasteiger partial charge in [0, 0.05) is 18.2 Å². The van der Waals surface area contributed by atoms with Crippen molar-refractivity contribution in [2.75, 3.05) is 0 Å². The van der Waals surface area contributed by atoms with Gasteiger partial charge in [-0.1, -0.05) is 30.3 Å². The van der Waals surface area contributed by atoms with Gasteiger partial charge in [-0.2, -0.15) is 0 Å². The van der Waals surface area contributed by atoms with Gasteiger partial charge in [-0.25, -0.2) is 4.79 Å². The molecule has 0 atom stereocenters. The van der Waals surface area contributed by atoms with Crippen molar-refractivity contribution >= 4 is 28.3 Å². The molecule has 0 saturated heterocycles. The lowest BCUT2D eigenvalue weighted by Crippen LogP contribution is -2.11. The van der Waals surface area contributed by atoms with E-state index in [0.717, 1.165) is 12.1 Å². The number of fused-ring (bicyclic) bond motifs is 1. The van der Waals surface area contributed by atoms with Crippen molar-refractivity contribution < 1.29 is 23.8 Å². The lowest BCUT2D eigenvalue weighted by atomic mass is 10.1. The van der Waals surface area contributed by atoms with Gasteiger partial charge in [-0.05, 0) is 24.6 Å². The van der Waals surface area contributed by atoms with Gasteiger partial charge in [0.05, 0.1) is 26.4 Å². The first-order chi connectivity index (χ1) is 15.8. The normalized spacial score (nSPS) is 10.7. The van der Waals surface area contributed by atoms with Crippen molar-refractivity contribution in [2.24, 2.45) is 0 Å². The molecule has 1 heterocycles. The van der Waals surface area contributed by atoms with Crippen LogP contribution in [0, 0.1) is 27.2 Å². The Morgan fingerprint density at radius 1 is 0.939 bits per heavy atom. The topological polar surface area (TPSA) is 143 Å². The number of nitro benzene ring substituents is 2. The highest BCUT2D eigenvalue weighted by Crippen LogP contribution is 2.30. The molecule has 0 aliphatic carbocycles. The zero-order valence-corrected chi connectivity index (χ0v) is 17.0. The standard InChI is InChI=1S/C23H14N2O8/c1-13-19(24(28)29)9-15(10-20(13)25(30)31)23(27)33-16-7-8-17-21(11-16)32-12-18(22(17)26)14-5-3-2-4-6-14/h2-12H,1H3. The van der Waals surface area contributed by atoms with Gasteiger partial charge in [0.25, 0.3) is 11.4 Å². The van der Waals surface area contributed by atoms with Crippen LogP contribution in [0.1, 0.15) is 15.9 Å². The van der Waals surface area contributed by atoms with Crippen LogP contribution in [0.2, 0.25) is 0 Å². The SMILES string of the molecule is Cc1c([N+](=O)[O-])cc(C(=O)Oc2ccc3c(=O)c(-c4ccccc4)coc3c2)cc1[N+](=O)[O-]. The van der Waals surface area contributed by atoms with Crippen molar-refractivity contribution in [2.45, 2.75) is 6.92 Å². The quantitative estimate of drug-likeness (QED) is 0.184. The molecule has 0 amide bonds. The third-order valence-corrected chi connectivity index (χ3v) is 5.02. The summed E-state index contributed by atoms with van der Waals surface area (Å²) >= 11 is 0. The Labute approximate surface area is 185 Å². The van der Waals surface area contributed by atoms with Crippen LogP contribution in [0.25, 0.3) is 22.1 Å². The molecule has 4 rings (SSSR count). The highest BCUT2D eigenvalue weighted by molar-refractivity contribution is 5.93. The number of hydrogen-bond acceptors (Lipinski definition) is 8. The van der Waals surface area contributed by atoms with E-state index < -0.39 is 27.2 Å². The monoisotopic (exact) mass is 446 g/mol. The van der Waals surface area contributed by atoms with Crippen molar-refractivity contribution in [1.82, 2.24) is 0 Å². The number of carbonyl (C=O) groups is 1. The largest absolute Gasteiger partial charge is 0.463 e. The summed E-state index contributed by atoms with van der Waals surface area (Å²) in [6.45, 7) is 1.22. The molecule has 0 unspecified atom stereocenters. The molecule has 0 N–H and O–H groups in total. The van der Waals surface area contributed by atoms with Crippen LogP contribution in [0.15, 0.2) is 76.1 Å². The van der Waals surface area contributed by atoms with Gasteiger partial charge in [-0.15, -0.1) is 0 Å². The summed E-state index contributed by atoms with van der Waals surface area (Å²) in [4.78, 5) is 46.2. The Morgan fingerprint density at radius 3 is 2.18 bits per heavy atom. The predicted octanol–water partition coefficient (Wildman–Crippen LogP) is 4.80. The maximum Gasteiger partial charge on any atom is 0.344 e. The first kappa shape index (κ1) is 21.4. The van der Waals surface area contributed by atoms with Gasteiger partial charge in [0.2, 0.25) is 0 Å². The van der Waals surface area contributed by atoms with Crippen LogP contribution in [-0.4, -0.2) is 15.8 Å². The third kappa shape index (κ3) is 4.04. The Morgan fingerprint density at radius 2 is 1.58 bits per heavy atom. The average Bonchev–Trinajstić information content (AvgIpc) is 2.79. The number of carbonyl (C=O) groups excluding carboxylic acids is 1. The molecule has 0 aliphatic heterocycles. The van der Waals surface area contributed by atoms with E-state index in [-0.39, 0.29) is 33.3 Å². The summed E-state index contributed by atoms with van der Waals surface area (Å²) in [6, 6.07) is 14.9. The molecule has 3 aromatic carbocycles. The molecule has 0 aliphatic rings. The maximum absolute atomic E-state index is 12.8. The van der Waals surface area contributed by atoms with E-state index in [9.17, 15) is 29.8 Å². The molecular formula is C23H14N2O8. The van der Waals surface area contributed by atoms with E-state index in [0.29, 0.717) is 11.1 Å². The summed E-state index contributed by atoms with van der Waals surface area (Å²) in [5.74, 6) is -1.04. The smallest absolute Gasteiger partial charge is 0.344 e. The number of ether oxygens (including phenoxy) is 1. The summed E-state index contributed by atoms with van der Waals surface area (Å²) in [5.41, 5.74) is -0.749. The summed E-state index contributed by atoms with van der Waals surface area (Å²) in [6.07, 6.45) is 1.30. The second-order valence-electron chi connectivity index (χ2n) is 7.05. The van der Waals surface area contributed by atoms with Crippen molar-refractivity contribution in [1.29, 1.82) is 0 Å². The van der Waals surface area contributed by atoms with Crippen LogP contribution in [-0.2, 0) is 0 Å². The molecule has 0 radical (unpaired) electrons. The van der Waals surface area contributed by atoms with Crippen molar-refractivity contribution in [3.05, 3.63) is 109 Å². The maximum atomic E-state index is 12.8. The van der Waals surface area contributed by atoms with Gasteiger partial charge in [-0.3, -0.25) is 25.0 Å². The van der Waals surface area contributed by atoms with Gasteiger partial charge in [0.15, 0.2) is 5.43 Å². The number of nitrogens with zero attached hydrogens (tertiary/aromatic N) is 2. The van der Waals surface area contributed by atoms with E-state index >= 15 is 0 Å². The minimum atomic E-state index is -1.04. The van der Waals surface area contributed by atoms with E-state index in [1.807, 2.05) is 6.07 Å². The highest BCUT2D eigenvalue weighted by Gasteiger charge is 2.26. The lowest BCUT2D eigenvalue weighted by molar-refractivity contribution is -0.395. The third-order valence-electron chi connectivity index (χ3n) is 5.02. The Bertz CT molecular complexity index is 1460. The number of nitro groups is 2. The highest BCUT2D eigenvalue weighted by atomic mass is 16.6. The fraction of sp³-hybridized carbons (Fsp3) is 0.0435. The zero-order chi connectivity index (χ0) is 23.7. The van der Waals surface area contributed by atoms with E-state index in [1.54, 1.807) is 24.3 Å². The Hall–Kier alpha value is -4.86. The Kier molecular flexibility index (Phi) is 5.41. The van der Waals surface area contributed by atoms with Gasteiger partial charge in [0.1, 0.15) is 23.2 Å². The minimum absolute atomic E-state index is 0.00556. The molecule has 33 heavy (non-hydrogen) atoms. The van der Waals surface area contributed by atoms with Crippen molar-refractivity contribution in [3.8, 4) is 16.9 Å². The average molecular weight is 446 g/mol. The minimum Gasteiger partial charge on any atom is -0.463 e. The molecule has 0 saturated carbocycles. The Balaban J connectivity index is 1.68. The molecule has 10 heteroatoms. The lowest BCUT2D eigenvalue weighted by Gasteiger charge is -2.07. The van der Waals surface area contributed by atoms with Crippen LogP contribution >= 0.6 is 0 Å². The molecule has 0 fully saturated rings. The fourth-order valence-electron chi connectivity index (χ4n) is 3.34. The number of esters is 1. The molecule has 1 aromatic heterocycles. The van der Waals surface area contributed by atoms with Crippen LogP contribution in [0.4, 0.5) is 11.4 Å².